The predicted molar refractivity (Wildman–Crippen MR) is 41.7 cm³/mol. The van der Waals surface area contributed by atoms with Gasteiger partial charge in [0.2, 0.25) is 0 Å². The Labute approximate surface area is 67.3 Å². The van der Waals surface area contributed by atoms with Gasteiger partial charge < -0.3 is 5.11 Å². The average Bonchev–Trinajstić information content (AvgIpc) is 1.83. The molecule has 0 amide bonds. The van der Waals surface area contributed by atoms with Crippen molar-refractivity contribution in [3.05, 3.63) is 0 Å². The molecule has 0 saturated carbocycles. The molecule has 0 aromatic rings. The van der Waals surface area contributed by atoms with Crippen LogP contribution in [0.5, 0.6) is 0 Å². The summed E-state index contributed by atoms with van der Waals surface area (Å²) >= 11 is 0. The summed E-state index contributed by atoms with van der Waals surface area (Å²) in [6, 6.07) is 0. The minimum Gasteiger partial charge on any atom is -0.396 e. The largest absolute Gasteiger partial charge is 0.396 e. The summed E-state index contributed by atoms with van der Waals surface area (Å²) in [5.41, 5.74) is -0.497. The van der Waals surface area contributed by atoms with Gasteiger partial charge in [-0.2, -0.15) is 8.42 Å². The molecule has 0 unspecified atom stereocenters. The van der Waals surface area contributed by atoms with Crippen LogP contribution in [0, 0.1) is 5.41 Å². The molecule has 0 rings (SSSR count). The van der Waals surface area contributed by atoms with Gasteiger partial charge in [0, 0.05) is 5.41 Å². The molecular formula is C6H14O4S. The lowest BCUT2D eigenvalue weighted by atomic mass is 9.97. The maximum atomic E-state index is 10.5. The average molecular weight is 182 g/mol. The van der Waals surface area contributed by atoms with Crippen molar-refractivity contribution >= 4 is 10.1 Å². The molecule has 0 radical (unpaired) electrons. The second kappa shape index (κ2) is 3.51. The summed E-state index contributed by atoms with van der Waals surface area (Å²) in [6.07, 6.45) is 0.987. The molecule has 0 aliphatic rings. The third-order valence-electron chi connectivity index (χ3n) is 1.09. The number of aliphatic hydroxyl groups is 1. The van der Waals surface area contributed by atoms with E-state index in [0.717, 1.165) is 6.26 Å². The fourth-order valence-corrected chi connectivity index (χ4v) is 0.845. The van der Waals surface area contributed by atoms with Gasteiger partial charge >= 0.3 is 0 Å². The lowest BCUT2D eigenvalue weighted by molar-refractivity contribution is 0.101. The maximum absolute atomic E-state index is 10.5. The molecular weight excluding hydrogens is 168 g/mol. The molecule has 4 nitrogen and oxygen atoms in total. The zero-order chi connectivity index (χ0) is 9.12. The third kappa shape index (κ3) is 6.28. The molecule has 5 heteroatoms. The minimum absolute atomic E-state index is 0.0162. The normalized spacial score (nSPS) is 13.5. The molecule has 0 bridgehead atoms. The van der Waals surface area contributed by atoms with Crippen LogP contribution in [0.1, 0.15) is 13.8 Å². The van der Waals surface area contributed by atoms with E-state index in [4.69, 9.17) is 5.11 Å². The number of hydrogen-bond donors (Lipinski definition) is 1. The lowest BCUT2D eigenvalue weighted by Gasteiger charge is -2.19. The van der Waals surface area contributed by atoms with Crippen LogP contribution in [0.3, 0.4) is 0 Å². The minimum atomic E-state index is -3.38. The third-order valence-corrected chi connectivity index (χ3v) is 1.64. The molecule has 0 aliphatic carbocycles. The van der Waals surface area contributed by atoms with Crippen molar-refractivity contribution in [2.24, 2.45) is 5.41 Å². The van der Waals surface area contributed by atoms with Crippen molar-refractivity contribution in [3.8, 4) is 0 Å². The molecule has 0 aliphatic heterocycles. The van der Waals surface area contributed by atoms with Crippen molar-refractivity contribution in [1.82, 2.24) is 0 Å². The van der Waals surface area contributed by atoms with Gasteiger partial charge in [-0.15, -0.1) is 0 Å². The first-order chi connectivity index (χ1) is 4.77. The summed E-state index contributed by atoms with van der Waals surface area (Å²) in [5, 5.41) is 8.72. The maximum Gasteiger partial charge on any atom is 0.264 e. The Morgan fingerprint density at radius 3 is 2.18 bits per heavy atom. The smallest absolute Gasteiger partial charge is 0.264 e. The van der Waals surface area contributed by atoms with Crippen LogP contribution in [-0.4, -0.2) is 33.0 Å². The first-order valence-electron chi connectivity index (χ1n) is 3.22. The molecule has 0 atom stereocenters. The molecule has 0 heterocycles. The quantitative estimate of drug-likeness (QED) is 0.621. The molecule has 68 valence electrons. The predicted octanol–water partition coefficient (Wildman–Crippen LogP) is -0.0189. The molecule has 0 spiro atoms. The number of hydrogen-bond acceptors (Lipinski definition) is 4. The van der Waals surface area contributed by atoms with Gasteiger partial charge in [-0.25, -0.2) is 0 Å². The van der Waals surface area contributed by atoms with Crippen molar-refractivity contribution in [1.29, 1.82) is 0 Å². The van der Waals surface area contributed by atoms with Gasteiger partial charge in [0.05, 0.1) is 19.5 Å². The summed E-state index contributed by atoms with van der Waals surface area (Å²) in [6.45, 7) is 3.36. The Hall–Kier alpha value is -0.130. The first kappa shape index (κ1) is 10.9. The standard InChI is InChI=1S/C6H14O4S/c1-6(2,4-7)5-10-11(3,8)9/h7H,4-5H2,1-3H3. The Morgan fingerprint density at radius 1 is 1.45 bits per heavy atom. The fourth-order valence-electron chi connectivity index (χ4n) is 0.312. The van der Waals surface area contributed by atoms with Gasteiger partial charge in [0.1, 0.15) is 0 Å². The SMILES string of the molecule is CC(C)(CO)COS(C)(=O)=O. The highest BCUT2D eigenvalue weighted by molar-refractivity contribution is 7.85. The van der Waals surface area contributed by atoms with Crippen LogP contribution in [0.4, 0.5) is 0 Å². The summed E-state index contributed by atoms with van der Waals surface area (Å²) < 4.78 is 25.5. The molecule has 0 fully saturated rings. The molecule has 11 heavy (non-hydrogen) atoms. The number of aliphatic hydroxyl groups excluding tert-OH is 1. The van der Waals surface area contributed by atoms with Crippen LogP contribution in [0.15, 0.2) is 0 Å². The Bertz CT molecular complexity index is 205. The van der Waals surface area contributed by atoms with Gasteiger partial charge in [-0.1, -0.05) is 13.8 Å². The van der Waals surface area contributed by atoms with E-state index in [1.807, 2.05) is 0 Å². The van der Waals surface area contributed by atoms with Crippen LogP contribution < -0.4 is 0 Å². The van der Waals surface area contributed by atoms with Crippen molar-refractivity contribution < 1.29 is 17.7 Å². The number of rotatable bonds is 4. The van der Waals surface area contributed by atoms with Crippen LogP contribution >= 0.6 is 0 Å². The van der Waals surface area contributed by atoms with E-state index in [1.165, 1.54) is 0 Å². The highest BCUT2D eigenvalue weighted by atomic mass is 32.2. The highest BCUT2D eigenvalue weighted by Crippen LogP contribution is 2.14. The second-order valence-electron chi connectivity index (χ2n) is 3.29. The lowest BCUT2D eigenvalue weighted by Crippen LogP contribution is -2.25. The van der Waals surface area contributed by atoms with E-state index < -0.39 is 15.5 Å². The van der Waals surface area contributed by atoms with Gasteiger partial charge in [0.25, 0.3) is 10.1 Å². The van der Waals surface area contributed by atoms with E-state index in [1.54, 1.807) is 13.8 Å². The first-order valence-corrected chi connectivity index (χ1v) is 5.04. The van der Waals surface area contributed by atoms with E-state index >= 15 is 0 Å². The van der Waals surface area contributed by atoms with Crippen molar-refractivity contribution in [2.75, 3.05) is 19.5 Å². The van der Waals surface area contributed by atoms with Gasteiger partial charge in [-0.3, -0.25) is 4.18 Å². The van der Waals surface area contributed by atoms with E-state index in [2.05, 4.69) is 4.18 Å². The topological polar surface area (TPSA) is 63.6 Å². The highest BCUT2D eigenvalue weighted by Gasteiger charge is 2.19. The van der Waals surface area contributed by atoms with E-state index in [9.17, 15) is 8.42 Å². The van der Waals surface area contributed by atoms with Gasteiger partial charge in [0.15, 0.2) is 0 Å². The molecule has 0 aromatic heterocycles. The zero-order valence-electron chi connectivity index (χ0n) is 6.99. The molecule has 0 saturated heterocycles. The summed E-state index contributed by atoms with van der Waals surface area (Å²) in [4.78, 5) is 0. The van der Waals surface area contributed by atoms with Crippen LogP contribution in [0.25, 0.3) is 0 Å². The Morgan fingerprint density at radius 2 is 1.91 bits per heavy atom. The zero-order valence-corrected chi connectivity index (χ0v) is 7.81. The van der Waals surface area contributed by atoms with Crippen molar-refractivity contribution in [3.63, 3.8) is 0 Å². The van der Waals surface area contributed by atoms with Crippen LogP contribution in [0.2, 0.25) is 0 Å². The summed E-state index contributed by atoms with van der Waals surface area (Å²) in [7, 11) is -3.38. The monoisotopic (exact) mass is 182 g/mol. The Kier molecular flexibility index (Phi) is 3.47. The van der Waals surface area contributed by atoms with E-state index in [-0.39, 0.29) is 13.2 Å². The van der Waals surface area contributed by atoms with E-state index in [0.29, 0.717) is 0 Å². The molecule has 1 N–H and O–H groups in total. The Balaban J connectivity index is 3.90. The second-order valence-corrected chi connectivity index (χ2v) is 4.93. The van der Waals surface area contributed by atoms with Crippen LogP contribution in [-0.2, 0) is 14.3 Å². The molecule has 0 aromatic carbocycles. The van der Waals surface area contributed by atoms with Crippen molar-refractivity contribution in [2.45, 2.75) is 13.8 Å². The summed E-state index contributed by atoms with van der Waals surface area (Å²) in [5.74, 6) is 0. The fraction of sp³-hybridized carbons (Fsp3) is 1.00. The van der Waals surface area contributed by atoms with Gasteiger partial charge in [-0.05, 0) is 0 Å².